The smallest absolute Gasteiger partial charge is 0.251 e. The number of aryl methyl sites for hydroxylation is 1. The van der Waals surface area contributed by atoms with Gasteiger partial charge < -0.3 is 10.2 Å². The summed E-state index contributed by atoms with van der Waals surface area (Å²) in [6.07, 6.45) is 3.87. The van der Waals surface area contributed by atoms with E-state index in [2.05, 4.69) is 10.4 Å². The summed E-state index contributed by atoms with van der Waals surface area (Å²) < 4.78 is 1.73. The van der Waals surface area contributed by atoms with Gasteiger partial charge in [-0.25, -0.2) is 0 Å². The minimum atomic E-state index is -0.415. The first kappa shape index (κ1) is 21.3. The maximum Gasteiger partial charge on any atom is 0.251 e. The first-order valence-corrected chi connectivity index (χ1v) is 10.1. The third-order valence-electron chi connectivity index (χ3n) is 4.98. The van der Waals surface area contributed by atoms with Crippen molar-refractivity contribution in [1.29, 1.82) is 0 Å². The second-order valence-corrected chi connectivity index (χ2v) is 7.64. The standard InChI is InChI=1S/C24H28N4O2/c1-18(2)28(17-19-15-25-27(3)16-19)23(29)14-22(20-10-6-4-7-11-20)26-24(30)21-12-8-5-9-13-21/h4-13,15-16,18,22H,14,17H2,1-3H3,(H,26,30). The van der Waals surface area contributed by atoms with Gasteiger partial charge in [0.05, 0.1) is 18.7 Å². The van der Waals surface area contributed by atoms with Gasteiger partial charge in [-0.3, -0.25) is 14.3 Å². The molecular formula is C24H28N4O2. The minimum absolute atomic E-state index is 0.0175. The van der Waals surface area contributed by atoms with E-state index >= 15 is 0 Å². The van der Waals surface area contributed by atoms with Crippen LogP contribution in [0.5, 0.6) is 0 Å². The number of amides is 2. The maximum absolute atomic E-state index is 13.2. The third-order valence-corrected chi connectivity index (χ3v) is 4.98. The Labute approximate surface area is 177 Å². The monoisotopic (exact) mass is 404 g/mol. The number of carbonyl (C=O) groups is 2. The van der Waals surface area contributed by atoms with Crippen molar-refractivity contribution < 1.29 is 9.59 Å². The molecule has 156 valence electrons. The highest BCUT2D eigenvalue weighted by atomic mass is 16.2. The Hall–Kier alpha value is -3.41. The van der Waals surface area contributed by atoms with Gasteiger partial charge in [0.15, 0.2) is 0 Å². The number of hydrogen-bond donors (Lipinski definition) is 1. The zero-order valence-corrected chi connectivity index (χ0v) is 17.7. The molecule has 0 fully saturated rings. The van der Waals surface area contributed by atoms with Crippen LogP contribution in [-0.2, 0) is 18.4 Å². The second-order valence-electron chi connectivity index (χ2n) is 7.64. The zero-order valence-electron chi connectivity index (χ0n) is 17.7. The average molecular weight is 405 g/mol. The number of nitrogens with zero attached hydrogens (tertiary/aromatic N) is 3. The molecule has 2 aromatic carbocycles. The molecule has 0 aliphatic carbocycles. The van der Waals surface area contributed by atoms with E-state index in [0.29, 0.717) is 12.1 Å². The van der Waals surface area contributed by atoms with E-state index in [1.807, 2.05) is 80.5 Å². The SMILES string of the molecule is CC(C)N(Cc1cnn(C)c1)C(=O)CC(NC(=O)c1ccccc1)c1ccccc1. The Morgan fingerprint density at radius 2 is 1.67 bits per heavy atom. The molecule has 1 aromatic heterocycles. The number of carbonyl (C=O) groups excluding carboxylic acids is 2. The maximum atomic E-state index is 13.2. The Morgan fingerprint density at radius 3 is 2.23 bits per heavy atom. The van der Waals surface area contributed by atoms with Crippen molar-refractivity contribution in [2.45, 2.75) is 38.9 Å². The Morgan fingerprint density at radius 1 is 1.03 bits per heavy atom. The van der Waals surface area contributed by atoms with Crippen molar-refractivity contribution in [3.63, 3.8) is 0 Å². The van der Waals surface area contributed by atoms with E-state index in [0.717, 1.165) is 11.1 Å². The van der Waals surface area contributed by atoms with Crippen LogP contribution in [0.1, 0.15) is 47.8 Å². The largest absolute Gasteiger partial charge is 0.345 e. The first-order valence-electron chi connectivity index (χ1n) is 10.1. The molecule has 30 heavy (non-hydrogen) atoms. The molecule has 0 radical (unpaired) electrons. The summed E-state index contributed by atoms with van der Waals surface area (Å²) in [5, 5.41) is 7.23. The number of hydrogen-bond acceptors (Lipinski definition) is 3. The van der Waals surface area contributed by atoms with Crippen molar-refractivity contribution in [1.82, 2.24) is 20.0 Å². The van der Waals surface area contributed by atoms with Crippen LogP contribution >= 0.6 is 0 Å². The lowest BCUT2D eigenvalue weighted by atomic mass is 10.0. The van der Waals surface area contributed by atoms with Crippen LogP contribution in [0.15, 0.2) is 73.1 Å². The van der Waals surface area contributed by atoms with E-state index in [9.17, 15) is 9.59 Å². The van der Waals surface area contributed by atoms with E-state index < -0.39 is 6.04 Å². The molecule has 0 saturated carbocycles. The second kappa shape index (κ2) is 9.87. The number of rotatable bonds is 8. The van der Waals surface area contributed by atoms with Gasteiger partial charge in [-0.05, 0) is 31.5 Å². The summed E-state index contributed by atoms with van der Waals surface area (Å²) in [4.78, 5) is 27.8. The van der Waals surface area contributed by atoms with Gasteiger partial charge in [-0.2, -0.15) is 5.10 Å². The van der Waals surface area contributed by atoms with Crippen molar-refractivity contribution in [2.24, 2.45) is 7.05 Å². The molecule has 3 aromatic rings. The van der Waals surface area contributed by atoms with Crippen LogP contribution in [0.4, 0.5) is 0 Å². The third kappa shape index (κ3) is 5.56. The van der Waals surface area contributed by atoms with E-state index in [1.165, 1.54) is 0 Å². The van der Waals surface area contributed by atoms with Crippen LogP contribution in [0.3, 0.4) is 0 Å². The highest BCUT2D eigenvalue weighted by Gasteiger charge is 2.24. The van der Waals surface area contributed by atoms with Gasteiger partial charge >= 0.3 is 0 Å². The van der Waals surface area contributed by atoms with Crippen LogP contribution in [0, 0.1) is 0 Å². The summed E-state index contributed by atoms with van der Waals surface area (Å²) in [6.45, 7) is 4.47. The van der Waals surface area contributed by atoms with E-state index in [1.54, 1.807) is 23.0 Å². The Kier molecular flexibility index (Phi) is 7.01. The molecule has 2 amide bonds. The summed E-state index contributed by atoms with van der Waals surface area (Å²) in [6, 6.07) is 18.3. The van der Waals surface area contributed by atoms with Crippen LogP contribution in [0.25, 0.3) is 0 Å². The predicted octanol–water partition coefficient (Wildman–Crippen LogP) is 3.72. The van der Waals surface area contributed by atoms with Gasteiger partial charge in [-0.15, -0.1) is 0 Å². The fraction of sp³-hybridized carbons (Fsp3) is 0.292. The molecule has 0 aliphatic heterocycles. The van der Waals surface area contributed by atoms with Crippen LogP contribution in [-0.4, -0.2) is 32.5 Å². The lowest BCUT2D eigenvalue weighted by Gasteiger charge is -2.29. The van der Waals surface area contributed by atoms with Gasteiger partial charge in [0.2, 0.25) is 5.91 Å². The van der Waals surface area contributed by atoms with Crippen molar-refractivity contribution in [2.75, 3.05) is 0 Å². The number of nitrogens with one attached hydrogen (secondary N) is 1. The predicted molar refractivity (Wildman–Crippen MR) is 117 cm³/mol. The molecule has 6 heteroatoms. The first-order chi connectivity index (χ1) is 14.4. The fourth-order valence-electron chi connectivity index (χ4n) is 3.37. The molecule has 0 saturated heterocycles. The van der Waals surface area contributed by atoms with Crippen molar-refractivity contribution in [3.05, 3.63) is 89.7 Å². The number of benzene rings is 2. The van der Waals surface area contributed by atoms with E-state index in [4.69, 9.17) is 0 Å². The topological polar surface area (TPSA) is 67.2 Å². The molecule has 0 aliphatic rings. The van der Waals surface area contributed by atoms with Gasteiger partial charge in [0.25, 0.3) is 5.91 Å². The highest BCUT2D eigenvalue weighted by molar-refractivity contribution is 5.94. The average Bonchev–Trinajstić information content (AvgIpc) is 3.17. The summed E-state index contributed by atoms with van der Waals surface area (Å²) in [5.41, 5.74) is 2.45. The van der Waals surface area contributed by atoms with Crippen LogP contribution in [0.2, 0.25) is 0 Å². The molecule has 3 rings (SSSR count). The minimum Gasteiger partial charge on any atom is -0.345 e. The molecular weight excluding hydrogens is 376 g/mol. The van der Waals surface area contributed by atoms with E-state index in [-0.39, 0.29) is 24.3 Å². The highest BCUT2D eigenvalue weighted by Crippen LogP contribution is 2.20. The summed E-state index contributed by atoms with van der Waals surface area (Å²) >= 11 is 0. The fourth-order valence-corrected chi connectivity index (χ4v) is 3.37. The number of aromatic nitrogens is 2. The molecule has 1 N–H and O–H groups in total. The van der Waals surface area contributed by atoms with Crippen LogP contribution < -0.4 is 5.32 Å². The van der Waals surface area contributed by atoms with Crippen molar-refractivity contribution in [3.8, 4) is 0 Å². The quantitative estimate of drug-likeness (QED) is 0.622. The zero-order chi connectivity index (χ0) is 21.5. The van der Waals surface area contributed by atoms with Gasteiger partial charge in [0, 0.05) is 37.0 Å². The van der Waals surface area contributed by atoms with Gasteiger partial charge in [0.1, 0.15) is 0 Å². The lowest BCUT2D eigenvalue weighted by Crippen LogP contribution is -2.39. The van der Waals surface area contributed by atoms with Gasteiger partial charge in [-0.1, -0.05) is 48.5 Å². The summed E-state index contributed by atoms with van der Waals surface area (Å²) in [7, 11) is 1.86. The molecule has 0 bridgehead atoms. The molecule has 1 heterocycles. The normalized spacial score (nSPS) is 11.9. The molecule has 1 atom stereocenters. The molecule has 0 spiro atoms. The van der Waals surface area contributed by atoms with Crippen molar-refractivity contribution >= 4 is 11.8 Å². The Bertz CT molecular complexity index is 967. The lowest BCUT2D eigenvalue weighted by molar-refractivity contribution is -0.134. The summed E-state index contributed by atoms with van der Waals surface area (Å²) in [5.74, 6) is -0.211. The molecule has 6 nitrogen and oxygen atoms in total. The molecule has 1 unspecified atom stereocenters. The Balaban J connectivity index is 1.78.